The van der Waals surface area contributed by atoms with E-state index < -0.39 is 10.0 Å². The second kappa shape index (κ2) is 7.12. The number of nitrogens with zero attached hydrogens (tertiary/aromatic N) is 2. The number of rotatable bonds is 4. The molecule has 3 rings (SSSR count). The van der Waals surface area contributed by atoms with Crippen molar-refractivity contribution in [2.24, 2.45) is 0 Å². The molecule has 0 unspecified atom stereocenters. The fourth-order valence-corrected chi connectivity index (χ4v) is 4.96. The highest BCUT2D eigenvalue weighted by atomic mass is 32.2. The number of hydrogen-bond donors (Lipinski definition) is 0. The summed E-state index contributed by atoms with van der Waals surface area (Å²) in [4.78, 5) is 4.59. The molecule has 0 spiro atoms. The van der Waals surface area contributed by atoms with Gasteiger partial charge in [-0.3, -0.25) is 0 Å². The quantitative estimate of drug-likeness (QED) is 0.787. The fourth-order valence-electron chi connectivity index (χ4n) is 2.56. The second-order valence-electron chi connectivity index (χ2n) is 5.36. The van der Waals surface area contributed by atoms with Crippen LogP contribution in [0.15, 0.2) is 40.4 Å². The van der Waals surface area contributed by atoms with Crippen LogP contribution in [0.25, 0.3) is 0 Å². The van der Waals surface area contributed by atoms with Crippen LogP contribution in [0, 0.1) is 0 Å². The first kappa shape index (κ1) is 16.0. The maximum Gasteiger partial charge on any atom is 0.244 e. The van der Waals surface area contributed by atoms with Crippen molar-refractivity contribution < 1.29 is 13.2 Å². The van der Waals surface area contributed by atoms with Crippen molar-refractivity contribution in [3.63, 3.8) is 0 Å². The molecule has 22 heavy (non-hydrogen) atoms. The smallest absolute Gasteiger partial charge is 0.244 e. The first-order valence-electron chi connectivity index (χ1n) is 7.53. The lowest BCUT2D eigenvalue weighted by Gasteiger charge is -2.25. The minimum atomic E-state index is -3.44. The first-order chi connectivity index (χ1) is 10.7. The molecule has 2 aliphatic rings. The molecule has 0 amide bonds. The van der Waals surface area contributed by atoms with Crippen LogP contribution in [0.5, 0.6) is 0 Å². The molecule has 1 atom stereocenters. The third-order valence-corrected chi connectivity index (χ3v) is 6.86. The van der Waals surface area contributed by atoms with Crippen LogP contribution < -0.4 is 0 Å². The Kier molecular flexibility index (Phi) is 5.18. The van der Waals surface area contributed by atoms with E-state index in [1.807, 2.05) is 0 Å². The van der Waals surface area contributed by atoms with Gasteiger partial charge < -0.3 is 4.74 Å². The van der Waals surface area contributed by atoms with Crippen molar-refractivity contribution in [2.75, 3.05) is 26.3 Å². The maximum atomic E-state index is 12.5. The number of thioether (sulfide) groups is 1. The van der Waals surface area contributed by atoms with Gasteiger partial charge in [0.05, 0.1) is 18.2 Å². The van der Waals surface area contributed by atoms with Crippen LogP contribution in [0.1, 0.15) is 19.3 Å². The summed E-state index contributed by atoms with van der Waals surface area (Å²) >= 11 is 1.69. The minimum absolute atomic E-state index is 0.262. The SMILES string of the molecule is O=S(=O)(c1ccc(S[C@H]2C=CCCC2)nc1)N1CCOCC1. The Morgan fingerprint density at radius 3 is 2.73 bits per heavy atom. The summed E-state index contributed by atoms with van der Waals surface area (Å²) in [6.45, 7) is 1.72. The highest BCUT2D eigenvalue weighted by Gasteiger charge is 2.26. The Balaban J connectivity index is 1.70. The summed E-state index contributed by atoms with van der Waals surface area (Å²) in [7, 11) is -3.44. The van der Waals surface area contributed by atoms with E-state index in [0.717, 1.165) is 17.9 Å². The largest absolute Gasteiger partial charge is 0.379 e. The zero-order valence-corrected chi connectivity index (χ0v) is 14.0. The van der Waals surface area contributed by atoms with E-state index in [-0.39, 0.29) is 4.90 Å². The fraction of sp³-hybridized carbons (Fsp3) is 0.533. The molecule has 0 aromatic carbocycles. The maximum absolute atomic E-state index is 12.5. The van der Waals surface area contributed by atoms with Crippen LogP contribution in [-0.2, 0) is 14.8 Å². The predicted molar refractivity (Wildman–Crippen MR) is 86.5 cm³/mol. The zero-order chi connectivity index (χ0) is 15.4. The van der Waals surface area contributed by atoms with Gasteiger partial charge >= 0.3 is 0 Å². The monoisotopic (exact) mass is 340 g/mol. The van der Waals surface area contributed by atoms with Crippen molar-refractivity contribution in [1.29, 1.82) is 0 Å². The van der Waals surface area contributed by atoms with Crippen LogP contribution in [0.4, 0.5) is 0 Å². The van der Waals surface area contributed by atoms with Gasteiger partial charge in [0, 0.05) is 24.5 Å². The molecule has 1 aromatic heterocycles. The zero-order valence-electron chi connectivity index (χ0n) is 12.3. The van der Waals surface area contributed by atoms with E-state index in [2.05, 4.69) is 17.1 Å². The molecule has 7 heteroatoms. The van der Waals surface area contributed by atoms with Gasteiger partial charge in [0.2, 0.25) is 10.0 Å². The highest BCUT2D eigenvalue weighted by Crippen LogP contribution is 2.29. The van der Waals surface area contributed by atoms with Gasteiger partial charge in [0.15, 0.2) is 0 Å². The standard InChI is InChI=1S/C15H20N2O3S2/c18-22(19,17-8-10-20-11-9-17)14-6-7-15(16-12-14)21-13-4-2-1-3-5-13/h2,4,6-7,12-13H,1,3,5,8-11H2/t13-/m0/s1. The summed E-state index contributed by atoms with van der Waals surface area (Å²) in [5.41, 5.74) is 0. The van der Waals surface area contributed by atoms with Crippen molar-refractivity contribution in [2.45, 2.75) is 34.4 Å². The Hall–Kier alpha value is -0.890. The molecule has 1 aliphatic heterocycles. The molecule has 0 bridgehead atoms. The van der Waals surface area contributed by atoms with Crippen LogP contribution in [-0.4, -0.2) is 49.3 Å². The van der Waals surface area contributed by atoms with E-state index >= 15 is 0 Å². The number of pyridine rings is 1. The van der Waals surface area contributed by atoms with Crippen molar-refractivity contribution in [3.05, 3.63) is 30.5 Å². The normalized spacial score (nSPS) is 23.5. The van der Waals surface area contributed by atoms with E-state index in [4.69, 9.17) is 4.74 Å². The summed E-state index contributed by atoms with van der Waals surface area (Å²) in [5, 5.41) is 1.32. The number of aromatic nitrogens is 1. The molecular formula is C15H20N2O3S2. The Bertz CT molecular complexity index is 623. The van der Waals surface area contributed by atoms with Gasteiger partial charge in [-0.05, 0) is 31.4 Å². The lowest BCUT2D eigenvalue weighted by molar-refractivity contribution is 0.0730. The number of sulfonamides is 1. The average molecular weight is 340 g/mol. The van der Waals surface area contributed by atoms with Gasteiger partial charge in [-0.1, -0.05) is 23.9 Å². The Morgan fingerprint density at radius 2 is 2.09 bits per heavy atom. The lowest BCUT2D eigenvalue weighted by Crippen LogP contribution is -2.40. The third-order valence-electron chi connectivity index (χ3n) is 3.80. The van der Waals surface area contributed by atoms with Gasteiger partial charge in [0.1, 0.15) is 4.90 Å². The summed E-state index contributed by atoms with van der Waals surface area (Å²) in [6, 6.07) is 3.47. The molecule has 0 saturated carbocycles. The van der Waals surface area contributed by atoms with Crippen molar-refractivity contribution >= 4 is 21.8 Å². The molecule has 1 aliphatic carbocycles. The van der Waals surface area contributed by atoms with Gasteiger partial charge in [-0.2, -0.15) is 4.31 Å². The number of ether oxygens (including phenoxy) is 1. The molecule has 2 heterocycles. The van der Waals surface area contributed by atoms with Crippen LogP contribution >= 0.6 is 11.8 Å². The third kappa shape index (κ3) is 3.71. The Labute approximate surface area is 135 Å². The molecule has 1 fully saturated rings. The topological polar surface area (TPSA) is 59.5 Å². The van der Waals surface area contributed by atoms with Crippen molar-refractivity contribution in [3.8, 4) is 0 Å². The molecule has 5 nitrogen and oxygen atoms in total. The molecule has 120 valence electrons. The summed E-state index contributed by atoms with van der Waals surface area (Å²) in [6.07, 6.45) is 9.40. The lowest BCUT2D eigenvalue weighted by atomic mass is 10.1. The van der Waals surface area contributed by atoms with Gasteiger partial charge in [0.25, 0.3) is 0 Å². The second-order valence-corrected chi connectivity index (χ2v) is 8.56. The van der Waals surface area contributed by atoms with E-state index in [0.29, 0.717) is 31.6 Å². The highest BCUT2D eigenvalue weighted by molar-refractivity contribution is 8.00. The van der Waals surface area contributed by atoms with Gasteiger partial charge in [-0.15, -0.1) is 0 Å². The Morgan fingerprint density at radius 1 is 1.27 bits per heavy atom. The number of allylic oxidation sites excluding steroid dienone is 1. The number of morpholine rings is 1. The van der Waals surface area contributed by atoms with Crippen LogP contribution in [0.3, 0.4) is 0 Å². The summed E-state index contributed by atoms with van der Waals surface area (Å²) in [5.74, 6) is 0. The number of hydrogen-bond acceptors (Lipinski definition) is 5. The van der Waals surface area contributed by atoms with Crippen molar-refractivity contribution in [1.82, 2.24) is 9.29 Å². The molecule has 0 N–H and O–H groups in total. The molecule has 1 aromatic rings. The minimum Gasteiger partial charge on any atom is -0.379 e. The molecule has 1 saturated heterocycles. The van der Waals surface area contributed by atoms with E-state index in [1.54, 1.807) is 23.9 Å². The summed E-state index contributed by atoms with van der Waals surface area (Å²) < 4.78 is 31.7. The molecular weight excluding hydrogens is 320 g/mol. The van der Waals surface area contributed by atoms with E-state index in [9.17, 15) is 8.42 Å². The molecule has 0 radical (unpaired) electrons. The van der Waals surface area contributed by atoms with Crippen LogP contribution in [0.2, 0.25) is 0 Å². The van der Waals surface area contributed by atoms with E-state index in [1.165, 1.54) is 16.9 Å². The van der Waals surface area contributed by atoms with Gasteiger partial charge in [-0.25, -0.2) is 13.4 Å². The predicted octanol–water partition coefficient (Wildman–Crippen LogP) is 2.30. The first-order valence-corrected chi connectivity index (χ1v) is 9.85. The average Bonchev–Trinajstić information content (AvgIpc) is 2.57.